The van der Waals surface area contributed by atoms with Crippen LogP contribution < -0.4 is 10.2 Å². The van der Waals surface area contributed by atoms with Crippen LogP contribution in [-0.2, 0) is 10.0 Å². The summed E-state index contributed by atoms with van der Waals surface area (Å²) >= 11 is 1.51. The summed E-state index contributed by atoms with van der Waals surface area (Å²) in [6.07, 6.45) is 1.75. The molecule has 11 heteroatoms. The van der Waals surface area contributed by atoms with Crippen molar-refractivity contribution in [1.29, 1.82) is 0 Å². The van der Waals surface area contributed by atoms with Gasteiger partial charge in [0, 0.05) is 57.9 Å². The van der Waals surface area contributed by atoms with Crippen LogP contribution in [0.4, 0.5) is 9.52 Å². The lowest BCUT2D eigenvalue weighted by atomic mass is 10.0. The summed E-state index contributed by atoms with van der Waals surface area (Å²) in [5.41, 5.74) is 1.27. The zero-order valence-electron chi connectivity index (χ0n) is 20.9. The Labute approximate surface area is 221 Å². The van der Waals surface area contributed by atoms with E-state index in [-0.39, 0.29) is 16.6 Å². The van der Waals surface area contributed by atoms with Crippen molar-refractivity contribution >= 4 is 42.6 Å². The van der Waals surface area contributed by atoms with Crippen LogP contribution >= 0.6 is 11.3 Å². The zero-order chi connectivity index (χ0) is 26.0. The van der Waals surface area contributed by atoms with Gasteiger partial charge in [0.2, 0.25) is 10.0 Å². The van der Waals surface area contributed by atoms with Gasteiger partial charge in [-0.2, -0.15) is 4.31 Å². The highest BCUT2D eigenvalue weighted by molar-refractivity contribution is 7.89. The number of hydrogen-bond acceptors (Lipinski definition) is 7. The fourth-order valence-electron chi connectivity index (χ4n) is 4.77. The number of nitrogens with zero attached hydrogens (tertiary/aromatic N) is 4. The van der Waals surface area contributed by atoms with E-state index in [2.05, 4.69) is 27.0 Å². The van der Waals surface area contributed by atoms with Crippen LogP contribution in [0.3, 0.4) is 0 Å². The first kappa shape index (κ1) is 26.0. The van der Waals surface area contributed by atoms with Crippen LogP contribution in [0.5, 0.6) is 0 Å². The molecule has 0 atom stereocenters. The Hall–Kier alpha value is -2.60. The first-order chi connectivity index (χ1) is 17.8. The number of benzene rings is 2. The number of anilines is 1. The Kier molecular flexibility index (Phi) is 7.75. The second-order valence-electron chi connectivity index (χ2n) is 9.80. The molecule has 1 aromatic heterocycles. The lowest BCUT2D eigenvalue weighted by molar-refractivity contribution is 0.0947. The second-order valence-corrected chi connectivity index (χ2v) is 12.8. The summed E-state index contributed by atoms with van der Waals surface area (Å²) in [6, 6.07) is 10.9. The molecule has 0 unspecified atom stereocenters. The lowest BCUT2D eigenvalue weighted by Gasteiger charge is -2.34. The molecular weight excluding hydrogens is 513 g/mol. The zero-order valence-corrected chi connectivity index (χ0v) is 22.5. The van der Waals surface area contributed by atoms with Crippen molar-refractivity contribution in [2.75, 3.05) is 57.3 Å². The van der Waals surface area contributed by atoms with E-state index >= 15 is 0 Å². The number of carbonyl (C=O) groups excluding carboxylic acids is 1. The van der Waals surface area contributed by atoms with Gasteiger partial charge < -0.3 is 10.2 Å². The molecule has 8 nitrogen and oxygen atoms in total. The minimum atomic E-state index is -3.52. The molecule has 37 heavy (non-hydrogen) atoms. The minimum Gasteiger partial charge on any atom is -0.351 e. The van der Waals surface area contributed by atoms with Crippen molar-refractivity contribution in [1.82, 2.24) is 19.5 Å². The fraction of sp³-hybridized carbons (Fsp3) is 0.462. The summed E-state index contributed by atoms with van der Waals surface area (Å²) in [7, 11) is -3.52. The molecule has 1 N–H and O–H groups in total. The highest BCUT2D eigenvalue weighted by atomic mass is 32.2. The number of fused-ring (bicyclic) bond motifs is 1. The molecule has 3 heterocycles. The summed E-state index contributed by atoms with van der Waals surface area (Å²) in [4.78, 5) is 22.0. The van der Waals surface area contributed by atoms with E-state index in [1.807, 2.05) is 0 Å². The van der Waals surface area contributed by atoms with Crippen molar-refractivity contribution in [2.45, 2.75) is 24.7 Å². The number of aromatic nitrogens is 1. The number of piperazine rings is 1. The normalized spacial score (nSPS) is 18.4. The molecule has 5 rings (SSSR count). The minimum absolute atomic E-state index is 0.212. The number of thiazole rings is 1. The fourth-order valence-corrected chi connectivity index (χ4v) is 7.28. The number of carbonyl (C=O) groups is 1. The first-order valence-electron chi connectivity index (χ1n) is 12.7. The molecule has 2 saturated heterocycles. The predicted molar refractivity (Wildman–Crippen MR) is 144 cm³/mol. The molecule has 3 aromatic rings. The van der Waals surface area contributed by atoms with Gasteiger partial charge in [-0.15, -0.1) is 0 Å². The Morgan fingerprint density at radius 1 is 1.05 bits per heavy atom. The van der Waals surface area contributed by atoms with Crippen LogP contribution in [0.1, 0.15) is 30.1 Å². The van der Waals surface area contributed by atoms with Crippen LogP contribution in [0.15, 0.2) is 47.4 Å². The van der Waals surface area contributed by atoms with E-state index in [4.69, 9.17) is 0 Å². The monoisotopic (exact) mass is 545 g/mol. The average molecular weight is 546 g/mol. The summed E-state index contributed by atoms with van der Waals surface area (Å²) in [5.74, 6) is 0.0888. The number of nitrogens with one attached hydrogen (secondary N) is 1. The van der Waals surface area contributed by atoms with Gasteiger partial charge in [0.1, 0.15) is 5.82 Å². The van der Waals surface area contributed by atoms with Crippen molar-refractivity contribution < 1.29 is 17.6 Å². The molecule has 198 valence electrons. The van der Waals surface area contributed by atoms with E-state index in [9.17, 15) is 17.6 Å². The van der Waals surface area contributed by atoms with Crippen molar-refractivity contribution in [3.63, 3.8) is 0 Å². The highest BCUT2D eigenvalue weighted by Gasteiger charge is 2.28. The lowest BCUT2D eigenvalue weighted by Crippen LogP contribution is -2.48. The third-order valence-corrected chi connectivity index (χ3v) is 10.2. The number of hydrogen-bond donors (Lipinski definition) is 1. The molecule has 2 fully saturated rings. The Balaban J connectivity index is 1.07. The maximum absolute atomic E-state index is 13.5. The van der Waals surface area contributed by atoms with E-state index < -0.39 is 10.0 Å². The summed E-state index contributed by atoms with van der Waals surface area (Å²) in [6.45, 7) is 7.80. The third kappa shape index (κ3) is 5.95. The Morgan fingerprint density at radius 2 is 1.76 bits per heavy atom. The van der Waals surface area contributed by atoms with Gasteiger partial charge in [0.25, 0.3) is 5.91 Å². The number of halogens is 1. The Bertz CT molecular complexity index is 1350. The van der Waals surface area contributed by atoms with Gasteiger partial charge in [-0.3, -0.25) is 9.69 Å². The SMILES string of the molecule is CC1CCN(S(=O)(=O)c2ccc(C(=O)NCCN3CCN(c4nc5ccc(F)cc5s4)CC3)cc2)CC1. The standard InChI is InChI=1S/C26H32FN5O3S2/c1-19-8-11-32(12-9-19)37(34,35)22-5-2-20(3-6-22)25(33)28-10-13-30-14-16-31(17-15-30)26-29-23-7-4-21(27)18-24(23)36-26/h2-7,18-19H,8-17H2,1H3,(H,28,33). The molecule has 0 bridgehead atoms. The summed E-state index contributed by atoms with van der Waals surface area (Å²) < 4.78 is 41.7. The van der Waals surface area contributed by atoms with E-state index in [0.717, 1.165) is 60.9 Å². The average Bonchev–Trinajstić information content (AvgIpc) is 3.32. The van der Waals surface area contributed by atoms with E-state index in [1.165, 1.54) is 35.6 Å². The molecule has 0 saturated carbocycles. The van der Waals surface area contributed by atoms with Crippen molar-refractivity contribution in [2.24, 2.45) is 5.92 Å². The number of amides is 1. The number of piperidine rings is 1. The topological polar surface area (TPSA) is 85.8 Å². The molecule has 0 spiro atoms. The Morgan fingerprint density at radius 3 is 2.46 bits per heavy atom. The maximum atomic E-state index is 13.5. The second kappa shape index (κ2) is 11.0. The quantitative estimate of drug-likeness (QED) is 0.490. The van der Waals surface area contributed by atoms with Crippen LogP contribution in [0.2, 0.25) is 0 Å². The van der Waals surface area contributed by atoms with Gasteiger partial charge in [-0.1, -0.05) is 18.3 Å². The highest BCUT2D eigenvalue weighted by Crippen LogP contribution is 2.30. The van der Waals surface area contributed by atoms with Crippen LogP contribution in [0, 0.1) is 11.7 Å². The number of rotatable bonds is 7. The van der Waals surface area contributed by atoms with E-state index in [0.29, 0.717) is 31.1 Å². The molecule has 0 radical (unpaired) electrons. The van der Waals surface area contributed by atoms with Gasteiger partial charge in [0.15, 0.2) is 5.13 Å². The third-order valence-electron chi connectivity index (χ3n) is 7.19. The molecule has 2 aromatic carbocycles. The predicted octanol–water partition coefficient (Wildman–Crippen LogP) is 3.41. The molecule has 1 amide bonds. The smallest absolute Gasteiger partial charge is 0.251 e. The molecular formula is C26H32FN5O3S2. The van der Waals surface area contributed by atoms with Gasteiger partial charge >= 0.3 is 0 Å². The van der Waals surface area contributed by atoms with Gasteiger partial charge in [-0.05, 0) is 61.2 Å². The molecule has 2 aliphatic rings. The van der Waals surface area contributed by atoms with Gasteiger partial charge in [0.05, 0.1) is 15.1 Å². The van der Waals surface area contributed by atoms with Gasteiger partial charge in [-0.25, -0.2) is 17.8 Å². The van der Waals surface area contributed by atoms with Crippen LogP contribution in [0.25, 0.3) is 10.2 Å². The van der Waals surface area contributed by atoms with Crippen molar-refractivity contribution in [3.8, 4) is 0 Å². The number of sulfonamides is 1. The largest absolute Gasteiger partial charge is 0.351 e. The molecule has 0 aliphatic carbocycles. The van der Waals surface area contributed by atoms with Crippen LogP contribution in [-0.4, -0.2) is 80.9 Å². The molecule has 2 aliphatic heterocycles. The maximum Gasteiger partial charge on any atom is 0.251 e. The first-order valence-corrected chi connectivity index (χ1v) is 15.0. The van der Waals surface area contributed by atoms with Crippen molar-refractivity contribution in [3.05, 3.63) is 53.8 Å². The van der Waals surface area contributed by atoms with E-state index in [1.54, 1.807) is 22.5 Å². The summed E-state index contributed by atoms with van der Waals surface area (Å²) in [5, 5.41) is 3.85.